The third-order valence-corrected chi connectivity index (χ3v) is 2.93. The number of halogens is 2. The predicted octanol–water partition coefficient (Wildman–Crippen LogP) is 1.26. The molecule has 1 rings (SSSR count). The highest BCUT2D eigenvalue weighted by Crippen LogP contribution is 2.09. The maximum atomic E-state index is 12.3. The van der Waals surface area contributed by atoms with E-state index in [4.69, 9.17) is 11.8 Å². The molecule has 0 saturated carbocycles. The van der Waals surface area contributed by atoms with Crippen LogP contribution in [0, 0.1) is 5.82 Å². The Morgan fingerprint density at radius 2 is 1.75 bits per heavy atom. The van der Waals surface area contributed by atoms with Gasteiger partial charge in [0, 0.05) is 0 Å². The van der Waals surface area contributed by atoms with E-state index in [1.807, 2.05) is 0 Å². The lowest BCUT2D eigenvalue weighted by Crippen LogP contribution is -2.13. The van der Waals surface area contributed by atoms with Crippen molar-refractivity contribution < 1.29 is 12.8 Å². The van der Waals surface area contributed by atoms with Crippen molar-refractivity contribution in [2.24, 2.45) is 0 Å². The lowest BCUT2D eigenvalue weighted by molar-refractivity contribution is 0.592. The molecule has 6 heteroatoms. The summed E-state index contributed by atoms with van der Waals surface area (Å²) in [7, 11) is -3.67. The first kappa shape index (κ1) is 9.44. The van der Waals surface area contributed by atoms with E-state index < -0.39 is 15.8 Å². The maximum absolute atomic E-state index is 12.3. The molecule has 0 amide bonds. The average molecular weight is 210 g/mol. The molecule has 0 saturated heterocycles. The fourth-order valence-corrected chi connectivity index (χ4v) is 1.51. The van der Waals surface area contributed by atoms with E-state index in [-0.39, 0.29) is 4.90 Å². The Hall–Kier alpha value is -0.650. The summed E-state index contributed by atoms with van der Waals surface area (Å²) in [6.45, 7) is 0. The first-order valence-corrected chi connectivity index (χ1v) is 4.80. The minimum atomic E-state index is -3.67. The van der Waals surface area contributed by atoms with Gasteiger partial charge in [-0.05, 0) is 36.0 Å². The molecule has 0 radical (unpaired) electrons. The number of nitrogens with one attached hydrogen (secondary N) is 1. The third-order valence-electron chi connectivity index (χ3n) is 1.23. The van der Waals surface area contributed by atoms with E-state index in [9.17, 15) is 12.8 Å². The Balaban J connectivity index is 3.14. The van der Waals surface area contributed by atoms with Crippen molar-refractivity contribution in [3.05, 3.63) is 30.1 Å². The van der Waals surface area contributed by atoms with E-state index in [1.165, 1.54) is 0 Å². The van der Waals surface area contributed by atoms with Crippen LogP contribution < -0.4 is 4.24 Å². The topological polar surface area (TPSA) is 46.2 Å². The molecule has 0 aliphatic heterocycles. The summed E-state index contributed by atoms with van der Waals surface area (Å²) in [6, 6.07) is 4.34. The summed E-state index contributed by atoms with van der Waals surface area (Å²) in [4.78, 5) is -0.0705. The van der Waals surface area contributed by atoms with Gasteiger partial charge in [0.05, 0.1) is 4.90 Å². The van der Waals surface area contributed by atoms with Crippen LogP contribution in [-0.4, -0.2) is 8.42 Å². The van der Waals surface area contributed by atoms with E-state index in [1.54, 1.807) is 4.24 Å². The van der Waals surface area contributed by atoms with Crippen molar-refractivity contribution in [1.82, 2.24) is 4.24 Å². The van der Waals surface area contributed by atoms with Gasteiger partial charge in [0.1, 0.15) is 5.82 Å². The molecule has 66 valence electrons. The summed E-state index contributed by atoms with van der Waals surface area (Å²) < 4.78 is 35.8. The SMILES string of the molecule is O=S(=O)(NCl)c1ccc(F)cc1. The van der Waals surface area contributed by atoms with Crippen molar-refractivity contribution in [3.63, 3.8) is 0 Å². The van der Waals surface area contributed by atoms with Gasteiger partial charge in [0.2, 0.25) is 0 Å². The van der Waals surface area contributed by atoms with E-state index >= 15 is 0 Å². The van der Waals surface area contributed by atoms with Crippen molar-refractivity contribution in [3.8, 4) is 0 Å². The second kappa shape index (κ2) is 3.38. The quantitative estimate of drug-likeness (QED) is 0.746. The van der Waals surface area contributed by atoms with Crippen molar-refractivity contribution in [2.75, 3.05) is 0 Å². The van der Waals surface area contributed by atoms with Gasteiger partial charge >= 0.3 is 0 Å². The lowest BCUT2D eigenvalue weighted by atomic mass is 10.4. The van der Waals surface area contributed by atoms with Crippen molar-refractivity contribution in [1.29, 1.82) is 0 Å². The zero-order valence-corrected chi connectivity index (χ0v) is 7.36. The summed E-state index contributed by atoms with van der Waals surface area (Å²) in [5.74, 6) is -0.497. The normalized spacial score (nSPS) is 11.5. The molecule has 3 nitrogen and oxygen atoms in total. The van der Waals surface area contributed by atoms with Gasteiger partial charge in [-0.1, -0.05) is 0 Å². The summed E-state index contributed by atoms with van der Waals surface area (Å²) in [5.41, 5.74) is 0. The van der Waals surface area contributed by atoms with Gasteiger partial charge in [-0.15, -0.1) is 4.24 Å². The van der Waals surface area contributed by atoms with Crippen LogP contribution in [-0.2, 0) is 10.0 Å². The van der Waals surface area contributed by atoms with Gasteiger partial charge in [-0.3, -0.25) is 0 Å². The fraction of sp³-hybridized carbons (Fsp3) is 0. The molecule has 0 aliphatic rings. The van der Waals surface area contributed by atoms with E-state index in [2.05, 4.69) is 0 Å². The molecule has 0 aliphatic carbocycles. The number of benzene rings is 1. The standard InChI is InChI=1S/C6H5ClFNO2S/c7-9-12(10,11)6-3-1-5(8)2-4-6/h1-4,9H. The number of sulfonamides is 1. The van der Waals surface area contributed by atoms with Gasteiger partial charge in [0.25, 0.3) is 10.0 Å². The third kappa shape index (κ3) is 1.94. The Bertz CT molecular complexity index is 362. The van der Waals surface area contributed by atoms with Gasteiger partial charge < -0.3 is 0 Å². The highest BCUT2D eigenvalue weighted by molar-refractivity contribution is 7.90. The maximum Gasteiger partial charge on any atom is 0.253 e. The highest BCUT2D eigenvalue weighted by Gasteiger charge is 2.11. The monoisotopic (exact) mass is 209 g/mol. The minimum absolute atomic E-state index is 0.0705. The van der Waals surface area contributed by atoms with Crippen LogP contribution in [0.4, 0.5) is 4.39 Å². The molecule has 1 aromatic rings. The average Bonchev–Trinajstić information content (AvgIpc) is 2.05. The lowest BCUT2D eigenvalue weighted by Gasteiger charge is -1.98. The Kier molecular flexibility index (Phi) is 2.66. The molecular formula is C6H5ClFNO2S. The van der Waals surface area contributed by atoms with Crippen LogP contribution >= 0.6 is 11.8 Å². The highest BCUT2D eigenvalue weighted by atomic mass is 35.5. The van der Waals surface area contributed by atoms with Crippen LogP contribution in [0.5, 0.6) is 0 Å². The smallest absolute Gasteiger partial charge is 0.207 e. The summed E-state index contributed by atoms with van der Waals surface area (Å²) in [5, 5.41) is 0. The molecular weight excluding hydrogens is 205 g/mol. The molecule has 1 aromatic carbocycles. The minimum Gasteiger partial charge on any atom is -0.207 e. The second-order valence-electron chi connectivity index (χ2n) is 2.03. The zero-order valence-electron chi connectivity index (χ0n) is 5.79. The first-order valence-electron chi connectivity index (χ1n) is 2.94. The molecule has 1 N–H and O–H groups in total. The fourth-order valence-electron chi connectivity index (χ4n) is 0.658. The van der Waals surface area contributed by atoms with Crippen LogP contribution in [0.2, 0.25) is 0 Å². The molecule has 0 heterocycles. The van der Waals surface area contributed by atoms with Crippen molar-refractivity contribution in [2.45, 2.75) is 4.90 Å². The molecule has 0 unspecified atom stereocenters. The zero-order chi connectivity index (χ0) is 9.19. The van der Waals surface area contributed by atoms with Crippen LogP contribution in [0.15, 0.2) is 29.2 Å². The van der Waals surface area contributed by atoms with Gasteiger partial charge in [-0.2, -0.15) is 0 Å². The first-order chi connectivity index (χ1) is 5.56. The van der Waals surface area contributed by atoms with Crippen LogP contribution in [0.1, 0.15) is 0 Å². The predicted molar refractivity (Wildman–Crippen MR) is 42.6 cm³/mol. The van der Waals surface area contributed by atoms with E-state index in [0.29, 0.717) is 0 Å². The molecule has 0 bridgehead atoms. The molecule has 0 aromatic heterocycles. The number of hydrogen-bond donors (Lipinski definition) is 1. The van der Waals surface area contributed by atoms with Crippen LogP contribution in [0.25, 0.3) is 0 Å². The van der Waals surface area contributed by atoms with E-state index in [0.717, 1.165) is 24.3 Å². The van der Waals surface area contributed by atoms with Crippen molar-refractivity contribution >= 4 is 21.8 Å². The molecule has 12 heavy (non-hydrogen) atoms. The summed E-state index contributed by atoms with van der Waals surface area (Å²) >= 11 is 4.94. The largest absolute Gasteiger partial charge is 0.253 e. The second-order valence-corrected chi connectivity index (χ2v) is 4.13. The van der Waals surface area contributed by atoms with Gasteiger partial charge in [0.15, 0.2) is 0 Å². The van der Waals surface area contributed by atoms with Crippen LogP contribution in [0.3, 0.4) is 0 Å². The Morgan fingerprint density at radius 1 is 1.25 bits per heavy atom. The van der Waals surface area contributed by atoms with Gasteiger partial charge in [-0.25, -0.2) is 12.8 Å². The molecule has 0 atom stereocenters. The Labute approximate surface area is 74.3 Å². The number of rotatable bonds is 2. The number of hydrogen-bond acceptors (Lipinski definition) is 2. The molecule has 0 spiro atoms. The summed E-state index contributed by atoms with van der Waals surface area (Å²) in [6.07, 6.45) is 0. The Morgan fingerprint density at radius 3 is 2.17 bits per heavy atom. The molecule has 0 fully saturated rings.